The molecule has 0 spiro atoms. The van der Waals surface area contributed by atoms with Crippen molar-refractivity contribution in [3.63, 3.8) is 0 Å². The summed E-state index contributed by atoms with van der Waals surface area (Å²) in [6.07, 6.45) is 12.9. The van der Waals surface area contributed by atoms with Crippen molar-refractivity contribution in [1.29, 1.82) is 0 Å². The molecule has 2 unspecified atom stereocenters. The van der Waals surface area contributed by atoms with Gasteiger partial charge in [-0.05, 0) is 24.1 Å². The zero-order valence-electron chi connectivity index (χ0n) is 15.8. The number of halogens is 2. The Morgan fingerprint density at radius 3 is 2.41 bits per heavy atom. The highest BCUT2D eigenvalue weighted by Crippen LogP contribution is 2.34. The van der Waals surface area contributed by atoms with Gasteiger partial charge in [0.2, 0.25) is 0 Å². The number of hydrogen-bond donors (Lipinski definition) is 0. The molecule has 6 heteroatoms. The Labute approximate surface area is 171 Å². The lowest BCUT2D eigenvalue weighted by Gasteiger charge is -2.24. The van der Waals surface area contributed by atoms with E-state index >= 15 is 0 Å². The molecule has 0 amide bonds. The van der Waals surface area contributed by atoms with Gasteiger partial charge < -0.3 is 9.30 Å². The summed E-state index contributed by atoms with van der Waals surface area (Å²) in [4.78, 5) is 16.4. The van der Waals surface area contributed by atoms with Crippen LogP contribution >= 0.6 is 23.2 Å². The summed E-state index contributed by atoms with van der Waals surface area (Å²) < 4.78 is 7.47. The lowest BCUT2D eigenvalue weighted by Crippen LogP contribution is -2.19. The van der Waals surface area contributed by atoms with Crippen LogP contribution in [0.15, 0.2) is 43.0 Å². The van der Waals surface area contributed by atoms with Gasteiger partial charge in [0.1, 0.15) is 5.50 Å². The maximum atomic E-state index is 12.4. The number of benzene rings is 1. The first kappa shape index (κ1) is 21.8. The summed E-state index contributed by atoms with van der Waals surface area (Å²) in [7, 11) is 0. The molecule has 1 heterocycles. The first-order chi connectivity index (χ1) is 13.1. The third kappa shape index (κ3) is 7.55. The maximum absolute atomic E-state index is 12.4. The first-order valence-corrected chi connectivity index (χ1v) is 10.5. The summed E-state index contributed by atoms with van der Waals surface area (Å²) in [5.41, 5.74) is 0.229. The Balaban J connectivity index is 1.90. The summed E-state index contributed by atoms with van der Waals surface area (Å²) in [5, 5.41) is 0.626. The molecule has 0 aliphatic heterocycles. The van der Waals surface area contributed by atoms with Crippen LogP contribution < -0.4 is 0 Å². The molecule has 0 radical (unpaired) electrons. The van der Waals surface area contributed by atoms with Gasteiger partial charge in [-0.2, -0.15) is 0 Å². The van der Waals surface area contributed by atoms with E-state index in [4.69, 9.17) is 27.9 Å². The molecule has 4 nitrogen and oxygen atoms in total. The number of aromatic nitrogens is 2. The normalized spacial score (nSPS) is 13.3. The number of hydrogen-bond acceptors (Lipinski definition) is 3. The molecule has 0 aliphatic rings. The summed E-state index contributed by atoms with van der Waals surface area (Å²) in [5.74, 6) is -0.228. The molecule has 0 aliphatic carbocycles. The number of imidazole rings is 1. The van der Waals surface area contributed by atoms with E-state index in [1.807, 2.05) is 12.1 Å². The molecule has 0 fully saturated rings. The minimum atomic E-state index is -0.602. The number of carbonyl (C=O) groups is 1. The second-order valence-electron chi connectivity index (χ2n) is 6.72. The molecule has 0 bridgehead atoms. The number of alkyl halides is 1. The summed E-state index contributed by atoms with van der Waals surface area (Å²) in [6.45, 7) is 2.21. The molecule has 148 valence electrons. The molecule has 0 N–H and O–H groups in total. The van der Waals surface area contributed by atoms with Crippen LogP contribution in [-0.4, -0.2) is 15.5 Å². The number of esters is 1. The average Bonchev–Trinajstić information content (AvgIpc) is 3.20. The monoisotopic (exact) mass is 410 g/mol. The fraction of sp³-hybridized carbons (Fsp3) is 0.524. The van der Waals surface area contributed by atoms with Crippen molar-refractivity contribution in [1.82, 2.24) is 9.55 Å². The molecular weight excluding hydrogens is 383 g/mol. The molecule has 1 aromatic heterocycles. The second-order valence-corrected chi connectivity index (χ2v) is 7.60. The van der Waals surface area contributed by atoms with Gasteiger partial charge in [0, 0.05) is 23.8 Å². The van der Waals surface area contributed by atoms with Crippen LogP contribution in [0, 0.1) is 0 Å². The van der Waals surface area contributed by atoms with Gasteiger partial charge in [0.15, 0.2) is 6.10 Å². The van der Waals surface area contributed by atoms with Crippen LogP contribution in [-0.2, 0) is 9.53 Å². The smallest absolute Gasteiger partial charge is 0.306 e. The standard InChI is InChI=1S/C21H28Cl2N2O2/c1-2-3-4-5-6-7-8-9-19(26)27-20(17-10-12-18(22)13-11-17)21(23)25-15-14-24-16-25/h10-16,20-21H,2-9H2,1H3. The van der Waals surface area contributed by atoms with Gasteiger partial charge in [0.05, 0.1) is 6.33 Å². The molecule has 0 saturated heterocycles. The van der Waals surface area contributed by atoms with E-state index in [-0.39, 0.29) is 5.97 Å². The lowest BCUT2D eigenvalue weighted by molar-refractivity contribution is -0.150. The Bertz CT molecular complexity index is 659. The number of unbranched alkanes of at least 4 members (excludes halogenated alkanes) is 6. The highest BCUT2D eigenvalue weighted by atomic mass is 35.5. The Morgan fingerprint density at radius 2 is 1.78 bits per heavy atom. The first-order valence-electron chi connectivity index (χ1n) is 9.68. The van der Waals surface area contributed by atoms with Gasteiger partial charge in [0.25, 0.3) is 0 Å². The summed E-state index contributed by atoms with van der Waals surface area (Å²) >= 11 is 12.6. The highest BCUT2D eigenvalue weighted by molar-refractivity contribution is 6.30. The third-order valence-electron chi connectivity index (χ3n) is 4.50. The number of rotatable bonds is 12. The fourth-order valence-corrected chi connectivity index (χ4v) is 3.37. The molecule has 2 atom stereocenters. The number of ether oxygens (including phenoxy) is 1. The lowest BCUT2D eigenvalue weighted by atomic mass is 10.1. The zero-order valence-corrected chi connectivity index (χ0v) is 17.3. The maximum Gasteiger partial charge on any atom is 0.306 e. The van der Waals surface area contributed by atoms with Crippen LogP contribution in [0.25, 0.3) is 0 Å². The van der Waals surface area contributed by atoms with Crippen molar-refractivity contribution in [3.8, 4) is 0 Å². The van der Waals surface area contributed by atoms with Gasteiger partial charge in [-0.1, -0.05) is 80.8 Å². The van der Waals surface area contributed by atoms with E-state index < -0.39 is 11.6 Å². The minimum Gasteiger partial charge on any atom is -0.454 e. The predicted molar refractivity (Wildman–Crippen MR) is 110 cm³/mol. The predicted octanol–water partition coefficient (Wildman–Crippen LogP) is 6.70. The van der Waals surface area contributed by atoms with Gasteiger partial charge in [-0.3, -0.25) is 4.79 Å². The molecule has 27 heavy (non-hydrogen) atoms. The topological polar surface area (TPSA) is 44.1 Å². The highest BCUT2D eigenvalue weighted by Gasteiger charge is 2.26. The van der Waals surface area contributed by atoms with E-state index in [0.29, 0.717) is 11.4 Å². The van der Waals surface area contributed by atoms with Crippen molar-refractivity contribution < 1.29 is 9.53 Å². The van der Waals surface area contributed by atoms with Crippen molar-refractivity contribution in [2.75, 3.05) is 0 Å². The largest absolute Gasteiger partial charge is 0.454 e. The Hall–Kier alpha value is -1.52. The van der Waals surface area contributed by atoms with Gasteiger partial charge >= 0.3 is 5.97 Å². The van der Waals surface area contributed by atoms with Gasteiger partial charge in [-0.15, -0.1) is 0 Å². The Kier molecular flexibility index (Phi) is 9.71. The van der Waals surface area contributed by atoms with Crippen LogP contribution in [0.4, 0.5) is 0 Å². The van der Waals surface area contributed by atoms with Crippen LogP contribution in [0.5, 0.6) is 0 Å². The third-order valence-corrected chi connectivity index (χ3v) is 5.21. The molecule has 2 aromatic rings. The van der Waals surface area contributed by atoms with E-state index in [1.54, 1.807) is 35.4 Å². The molecule has 2 rings (SSSR count). The molecular formula is C21H28Cl2N2O2. The van der Waals surface area contributed by atoms with Crippen LogP contribution in [0.2, 0.25) is 5.02 Å². The van der Waals surface area contributed by atoms with E-state index in [9.17, 15) is 4.79 Å². The number of nitrogens with zero attached hydrogens (tertiary/aromatic N) is 2. The minimum absolute atomic E-state index is 0.228. The SMILES string of the molecule is CCCCCCCCCC(=O)OC(c1ccc(Cl)cc1)C(Cl)n1ccnc1. The van der Waals surface area contributed by atoms with Gasteiger partial charge in [-0.25, -0.2) is 4.98 Å². The molecule has 0 saturated carbocycles. The Morgan fingerprint density at radius 1 is 1.11 bits per heavy atom. The van der Waals surface area contributed by atoms with Crippen LogP contribution in [0.3, 0.4) is 0 Å². The van der Waals surface area contributed by atoms with Crippen LogP contribution in [0.1, 0.15) is 75.5 Å². The van der Waals surface area contributed by atoms with E-state index in [1.165, 1.54) is 32.1 Å². The quantitative estimate of drug-likeness (QED) is 0.222. The second kappa shape index (κ2) is 12.0. The fourth-order valence-electron chi connectivity index (χ4n) is 2.93. The average molecular weight is 411 g/mol. The summed E-state index contributed by atoms with van der Waals surface area (Å²) in [6, 6.07) is 7.21. The van der Waals surface area contributed by atoms with E-state index in [2.05, 4.69) is 11.9 Å². The molecule has 1 aromatic carbocycles. The number of carbonyl (C=O) groups excluding carboxylic acids is 1. The zero-order chi connectivity index (χ0) is 19.5. The van der Waals surface area contributed by atoms with Crippen molar-refractivity contribution in [2.24, 2.45) is 0 Å². The van der Waals surface area contributed by atoms with E-state index in [0.717, 1.165) is 18.4 Å². The van der Waals surface area contributed by atoms with Crippen molar-refractivity contribution in [3.05, 3.63) is 53.6 Å². The van der Waals surface area contributed by atoms with Crippen molar-refractivity contribution in [2.45, 2.75) is 69.9 Å². The van der Waals surface area contributed by atoms with Crippen molar-refractivity contribution >= 4 is 29.2 Å².